The minimum Gasteiger partial charge on any atom is -0.480 e. The highest BCUT2D eigenvalue weighted by Gasteiger charge is 2.21. The molecular weight excluding hydrogens is 278 g/mol. The number of carboxylic acid groups (broad SMARTS) is 1. The zero-order valence-corrected chi connectivity index (χ0v) is 11.3. The average Bonchev–Trinajstić information content (AvgIpc) is 2.44. The minimum atomic E-state index is -1.15. The second-order valence-electron chi connectivity index (χ2n) is 4.13. The third kappa shape index (κ3) is 7.04. The molecule has 1 rings (SSSR count). The first-order valence-corrected chi connectivity index (χ1v) is 6.05. The number of rotatable bonds is 7. The fourth-order valence-electron chi connectivity index (χ4n) is 1.60. The monoisotopic (exact) mass is 297 g/mol. The SMILES string of the molecule is NCC(=O)N[C@@H](Cc1ccccc1)C(=O)NCC(=O)O.O. The van der Waals surface area contributed by atoms with E-state index in [1.54, 1.807) is 0 Å². The lowest BCUT2D eigenvalue weighted by Gasteiger charge is -2.17. The van der Waals surface area contributed by atoms with E-state index < -0.39 is 30.4 Å². The van der Waals surface area contributed by atoms with Crippen LogP contribution in [0.15, 0.2) is 30.3 Å². The molecule has 0 spiro atoms. The largest absolute Gasteiger partial charge is 0.480 e. The van der Waals surface area contributed by atoms with Crippen molar-refractivity contribution in [3.63, 3.8) is 0 Å². The van der Waals surface area contributed by atoms with E-state index in [0.717, 1.165) is 5.56 Å². The zero-order valence-electron chi connectivity index (χ0n) is 11.3. The predicted octanol–water partition coefficient (Wildman–Crippen LogP) is -1.95. The first-order chi connectivity index (χ1) is 9.52. The molecule has 1 aromatic rings. The van der Waals surface area contributed by atoms with Gasteiger partial charge in [-0.15, -0.1) is 0 Å². The molecule has 0 aliphatic heterocycles. The Morgan fingerprint density at radius 1 is 1.19 bits per heavy atom. The highest BCUT2D eigenvalue weighted by atomic mass is 16.4. The van der Waals surface area contributed by atoms with Crippen LogP contribution in [0.3, 0.4) is 0 Å². The summed E-state index contributed by atoms with van der Waals surface area (Å²) in [4.78, 5) is 33.6. The van der Waals surface area contributed by atoms with Crippen molar-refractivity contribution >= 4 is 17.8 Å². The Kier molecular flexibility index (Phi) is 8.35. The second-order valence-corrected chi connectivity index (χ2v) is 4.13. The van der Waals surface area contributed by atoms with Gasteiger partial charge in [-0.1, -0.05) is 30.3 Å². The molecule has 8 nitrogen and oxygen atoms in total. The topological polar surface area (TPSA) is 153 Å². The van der Waals surface area contributed by atoms with Crippen LogP contribution in [0.25, 0.3) is 0 Å². The van der Waals surface area contributed by atoms with E-state index in [2.05, 4.69) is 10.6 Å². The molecule has 2 amide bonds. The van der Waals surface area contributed by atoms with Crippen LogP contribution in [0.1, 0.15) is 5.56 Å². The summed E-state index contributed by atoms with van der Waals surface area (Å²) in [7, 11) is 0. The fourth-order valence-corrected chi connectivity index (χ4v) is 1.60. The van der Waals surface area contributed by atoms with Gasteiger partial charge in [-0.3, -0.25) is 14.4 Å². The lowest BCUT2D eigenvalue weighted by molar-refractivity contribution is -0.138. The van der Waals surface area contributed by atoms with Crippen LogP contribution in [-0.4, -0.2) is 47.5 Å². The summed E-state index contributed by atoms with van der Waals surface area (Å²) in [6, 6.07) is 8.23. The average molecular weight is 297 g/mol. The van der Waals surface area contributed by atoms with Gasteiger partial charge in [-0.2, -0.15) is 0 Å². The Labute approximate surface area is 121 Å². The summed E-state index contributed by atoms with van der Waals surface area (Å²) in [6.45, 7) is -0.736. The smallest absolute Gasteiger partial charge is 0.322 e. The van der Waals surface area contributed by atoms with E-state index >= 15 is 0 Å². The summed E-state index contributed by atoms with van der Waals surface area (Å²) in [5.74, 6) is -2.18. The van der Waals surface area contributed by atoms with E-state index in [4.69, 9.17) is 10.8 Å². The van der Waals surface area contributed by atoms with Gasteiger partial charge in [0.05, 0.1) is 6.54 Å². The second kappa shape index (κ2) is 9.45. The van der Waals surface area contributed by atoms with Crippen molar-refractivity contribution in [2.45, 2.75) is 12.5 Å². The van der Waals surface area contributed by atoms with Gasteiger partial charge in [0.15, 0.2) is 0 Å². The maximum atomic E-state index is 11.9. The molecule has 1 aromatic carbocycles. The molecule has 0 fully saturated rings. The predicted molar refractivity (Wildman–Crippen MR) is 75.4 cm³/mol. The summed E-state index contributed by atoms with van der Waals surface area (Å²) in [5, 5.41) is 13.2. The van der Waals surface area contributed by atoms with Gasteiger partial charge in [-0.05, 0) is 5.56 Å². The standard InChI is InChI=1S/C13H17N3O4.H2O/c14-7-11(17)16-10(13(20)15-8-12(18)19)6-9-4-2-1-3-5-9;/h1-5,10H,6-8,14H2,(H,15,20)(H,16,17)(H,18,19);1H2/t10-;/m0./s1. The molecule has 0 aromatic heterocycles. The van der Waals surface area contributed by atoms with Crippen LogP contribution in [0.5, 0.6) is 0 Å². The van der Waals surface area contributed by atoms with Crippen molar-refractivity contribution in [2.24, 2.45) is 5.73 Å². The van der Waals surface area contributed by atoms with Crippen molar-refractivity contribution in [1.29, 1.82) is 0 Å². The molecule has 1 atom stereocenters. The first-order valence-electron chi connectivity index (χ1n) is 6.05. The molecular formula is C13H19N3O5. The van der Waals surface area contributed by atoms with Gasteiger partial charge < -0.3 is 26.9 Å². The Bertz CT molecular complexity index is 478. The zero-order chi connectivity index (χ0) is 15.0. The number of carboxylic acids is 1. The lowest BCUT2D eigenvalue weighted by Crippen LogP contribution is -2.50. The van der Waals surface area contributed by atoms with Crippen LogP contribution in [0.4, 0.5) is 0 Å². The van der Waals surface area contributed by atoms with Crippen LogP contribution < -0.4 is 16.4 Å². The quantitative estimate of drug-likeness (QED) is 0.460. The molecule has 21 heavy (non-hydrogen) atoms. The fraction of sp³-hybridized carbons (Fsp3) is 0.308. The third-order valence-corrected chi connectivity index (χ3v) is 2.53. The Morgan fingerprint density at radius 3 is 2.33 bits per heavy atom. The number of aliphatic carboxylic acids is 1. The normalized spacial score (nSPS) is 10.9. The van der Waals surface area contributed by atoms with Gasteiger partial charge in [0.25, 0.3) is 0 Å². The molecule has 0 saturated heterocycles. The van der Waals surface area contributed by atoms with E-state index in [-0.39, 0.29) is 18.4 Å². The summed E-state index contributed by atoms with van der Waals surface area (Å²) in [6.07, 6.45) is 0.262. The van der Waals surface area contributed by atoms with Crippen molar-refractivity contribution in [3.8, 4) is 0 Å². The highest BCUT2D eigenvalue weighted by molar-refractivity contribution is 5.90. The number of carbonyl (C=O) groups excluding carboxylic acids is 2. The number of hydrogen-bond acceptors (Lipinski definition) is 4. The van der Waals surface area contributed by atoms with E-state index in [0.29, 0.717) is 0 Å². The van der Waals surface area contributed by atoms with E-state index in [9.17, 15) is 14.4 Å². The molecule has 0 heterocycles. The number of nitrogens with one attached hydrogen (secondary N) is 2. The van der Waals surface area contributed by atoms with Crippen molar-refractivity contribution in [3.05, 3.63) is 35.9 Å². The number of amides is 2. The number of hydrogen-bond donors (Lipinski definition) is 4. The van der Waals surface area contributed by atoms with Gasteiger partial charge >= 0.3 is 5.97 Å². The molecule has 7 N–H and O–H groups in total. The molecule has 0 bridgehead atoms. The van der Waals surface area contributed by atoms with E-state index in [1.807, 2.05) is 30.3 Å². The molecule has 0 saturated carbocycles. The molecule has 0 unspecified atom stereocenters. The molecule has 8 heteroatoms. The van der Waals surface area contributed by atoms with Gasteiger partial charge in [-0.25, -0.2) is 0 Å². The minimum absolute atomic E-state index is 0. The maximum absolute atomic E-state index is 11.9. The van der Waals surface area contributed by atoms with Gasteiger partial charge in [0, 0.05) is 6.42 Å². The highest BCUT2D eigenvalue weighted by Crippen LogP contribution is 2.03. The van der Waals surface area contributed by atoms with E-state index in [1.165, 1.54) is 0 Å². The molecule has 116 valence electrons. The molecule has 0 aliphatic carbocycles. The molecule has 0 radical (unpaired) electrons. The number of benzene rings is 1. The van der Waals surface area contributed by atoms with Crippen molar-refractivity contribution < 1.29 is 25.0 Å². The maximum Gasteiger partial charge on any atom is 0.322 e. The lowest BCUT2D eigenvalue weighted by atomic mass is 10.1. The summed E-state index contributed by atoms with van der Waals surface area (Å²) < 4.78 is 0. The summed E-state index contributed by atoms with van der Waals surface area (Å²) in [5.41, 5.74) is 6.05. The Balaban J connectivity index is 0.00000400. The third-order valence-electron chi connectivity index (χ3n) is 2.53. The van der Waals surface area contributed by atoms with Gasteiger partial charge in [0.1, 0.15) is 12.6 Å². The van der Waals surface area contributed by atoms with Crippen LogP contribution in [0, 0.1) is 0 Å². The first kappa shape index (κ1) is 18.6. The molecule has 0 aliphatic rings. The number of carbonyl (C=O) groups is 3. The van der Waals surface area contributed by atoms with Crippen LogP contribution >= 0.6 is 0 Å². The van der Waals surface area contributed by atoms with Crippen LogP contribution in [-0.2, 0) is 20.8 Å². The van der Waals surface area contributed by atoms with Crippen molar-refractivity contribution in [2.75, 3.05) is 13.1 Å². The van der Waals surface area contributed by atoms with Crippen LogP contribution in [0.2, 0.25) is 0 Å². The number of nitrogens with two attached hydrogens (primary N) is 1. The van der Waals surface area contributed by atoms with Crippen molar-refractivity contribution in [1.82, 2.24) is 10.6 Å². The Morgan fingerprint density at radius 2 is 1.81 bits per heavy atom. The van der Waals surface area contributed by atoms with Gasteiger partial charge in [0.2, 0.25) is 11.8 Å². The Hall–Kier alpha value is -2.45. The summed E-state index contributed by atoms with van der Waals surface area (Å²) >= 11 is 0.